The summed E-state index contributed by atoms with van der Waals surface area (Å²) >= 11 is 6.12. The molecule has 2 heterocycles. The molecule has 1 fully saturated rings. The van der Waals surface area contributed by atoms with Crippen LogP contribution in [0.5, 0.6) is 0 Å². The molecule has 0 spiro atoms. The summed E-state index contributed by atoms with van der Waals surface area (Å²) in [6.45, 7) is 1.94. The first kappa shape index (κ1) is 15.1. The fourth-order valence-electron chi connectivity index (χ4n) is 2.89. The Bertz CT molecular complexity index is 670. The lowest BCUT2D eigenvalue weighted by molar-refractivity contribution is -0.125. The maximum atomic E-state index is 12.5. The van der Waals surface area contributed by atoms with Gasteiger partial charge in [0.1, 0.15) is 0 Å². The second kappa shape index (κ2) is 6.50. The van der Waals surface area contributed by atoms with Crippen molar-refractivity contribution in [3.05, 3.63) is 52.8 Å². The van der Waals surface area contributed by atoms with E-state index in [1.54, 1.807) is 4.68 Å². The van der Waals surface area contributed by atoms with Gasteiger partial charge in [-0.05, 0) is 17.2 Å². The van der Waals surface area contributed by atoms with Crippen molar-refractivity contribution >= 4 is 17.5 Å². The van der Waals surface area contributed by atoms with Gasteiger partial charge < -0.3 is 10.6 Å². The molecule has 2 aromatic rings. The molecule has 2 N–H and O–H groups in total. The number of carbonyl (C=O) groups excluding carboxylic acids is 1. The van der Waals surface area contributed by atoms with E-state index in [1.165, 1.54) is 0 Å². The minimum absolute atomic E-state index is 0.0544. The average molecular weight is 319 g/mol. The number of nitrogens with one attached hydrogen (secondary N) is 2. The van der Waals surface area contributed by atoms with Crippen LogP contribution in [0.4, 0.5) is 0 Å². The van der Waals surface area contributed by atoms with Crippen LogP contribution in [0.1, 0.15) is 17.0 Å². The number of hydrogen-bond donors (Lipinski definition) is 2. The van der Waals surface area contributed by atoms with Gasteiger partial charge in [0, 0.05) is 43.8 Å². The van der Waals surface area contributed by atoms with E-state index >= 15 is 0 Å². The maximum absolute atomic E-state index is 12.5. The minimum Gasteiger partial charge on any atom is -0.352 e. The average Bonchev–Trinajstić information content (AvgIpc) is 3.14. The zero-order valence-electron chi connectivity index (χ0n) is 12.4. The molecule has 1 aliphatic heterocycles. The van der Waals surface area contributed by atoms with Gasteiger partial charge in [-0.15, -0.1) is 0 Å². The van der Waals surface area contributed by atoms with Crippen molar-refractivity contribution in [1.82, 2.24) is 20.4 Å². The van der Waals surface area contributed by atoms with Gasteiger partial charge in [0.15, 0.2) is 0 Å². The van der Waals surface area contributed by atoms with Crippen LogP contribution >= 0.6 is 11.6 Å². The topological polar surface area (TPSA) is 59.0 Å². The zero-order chi connectivity index (χ0) is 15.5. The predicted molar refractivity (Wildman–Crippen MR) is 85.6 cm³/mol. The molecule has 22 heavy (non-hydrogen) atoms. The number of rotatable bonds is 4. The zero-order valence-corrected chi connectivity index (χ0v) is 13.2. The van der Waals surface area contributed by atoms with E-state index in [-0.39, 0.29) is 17.7 Å². The second-order valence-corrected chi connectivity index (χ2v) is 6.03. The third-order valence-corrected chi connectivity index (χ3v) is 4.48. The maximum Gasteiger partial charge on any atom is 0.225 e. The lowest BCUT2D eigenvalue weighted by Crippen LogP contribution is -2.34. The molecule has 116 valence electrons. The minimum atomic E-state index is -0.0771. The van der Waals surface area contributed by atoms with Gasteiger partial charge in [0.2, 0.25) is 5.91 Å². The molecule has 1 aliphatic rings. The number of halogens is 1. The van der Waals surface area contributed by atoms with Crippen molar-refractivity contribution in [2.45, 2.75) is 12.5 Å². The largest absolute Gasteiger partial charge is 0.352 e. The van der Waals surface area contributed by atoms with Crippen LogP contribution in [0.2, 0.25) is 5.02 Å². The Balaban J connectivity index is 1.65. The highest BCUT2D eigenvalue weighted by molar-refractivity contribution is 6.31. The fourth-order valence-corrected chi connectivity index (χ4v) is 3.09. The number of benzene rings is 1. The van der Waals surface area contributed by atoms with E-state index < -0.39 is 0 Å². The number of aryl methyl sites for hydroxylation is 1. The SMILES string of the molecule is Cn1cc([C@H]2CNC[C@@H]2C(=O)NCc2ccccc2Cl)cn1. The van der Waals surface area contributed by atoms with E-state index in [9.17, 15) is 4.79 Å². The third-order valence-electron chi connectivity index (χ3n) is 4.11. The lowest BCUT2D eigenvalue weighted by atomic mass is 9.90. The summed E-state index contributed by atoms with van der Waals surface area (Å²) in [6, 6.07) is 7.56. The van der Waals surface area contributed by atoms with Crippen LogP contribution in [0.3, 0.4) is 0 Å². The summed E-state index contributed by atoms with van der Waals surface area (Å²) in [7, 11) is 1.89. The third kappa shape index (κ3) is 3.15. The standard InChI is InChI=1S/C16H19ClN4O/c1-21-10-12(7-20-21)13-8-18-9-14(13)16(22)19-6-11-4-2-3-5-15(11)17/h2-5,7,10,13-14,18H,6,8-9H2,1H3,(H,19,22)/t13-,14+/m1/s1. The summed E-state index contributed by atoms with van der Waals surface area (Å²) in [4.78, 5) is 12.5. The molecule has 3 rings (SSSR count). The molecule has 0 saturated carbocycles. The molecule has 2 atom stereocenters. The first-order valence-corrected chi connectivity index (χ1v) is 7.73. The number of amides is 1. The molecular weight excluding hydrogens is 300 g/mol. The van der Waals surface area contributed by atoms with Crippen molar-refractivity contribution in [1.29, 1.82) is 0 Å². The van der Waals surface area contributed by atoms with Gasteiger partial charge in [0.05, 0.1) is 12.1 Å². The van der Waals surface area contributed by atoms with Crippen molar-refractivity contribution < 1.29 is 4.79 Å². The number of nitrogens with zero attached hydrogens (tertiary/aromatic N) is 2. The van der Waals surface area contributed by atoms with Crippen LogP contribution in [0, 0.1) is 5.92 Å². The predicted octanol–water partition coefficient (Wildman–Crippen LogP) is 1.69. The van der Waals surface area contributed by atoms with Crippen molar-refractivity contribution in [3.63, 3.8) is 0 Å². The highest BCUT2D eigenvalue weighted by Gasteiger charge is 2.34. The van der Waals surface area contributed by atoms with Crippen molar-refractivity contribution in [3.8, 4) is 0 Å². The van der Waals surface area contributed by atoms with Gasteiger partial charge in [-0.2, -0.15) is 5.10 Å². The van der Waals surface area contributed by atoms with Crippen LogP contribution < -0.4 is 10.6 Å². The molecule has 0 unspecified atom stereocenters. The fraction of sp³-hybridized carbons (Fsp3) is 0.375. The van der Waals surface area contributed by atoms with Crippen LogP contribution in [-0.2, 0) is 18.4 Å². The molecule has 1 amide bonds. The van der Waals surface area contributed by atoms with E-state index in [1.807, 2.05) is 43.7 Å². The summed E-state index contributed by atoms with van der Waals surface area (Å²) < 4.78 is 1.77. The van der Waals surface area contributed by atoms with Gasteiger partial charge in [-0.1, -0.05) is 29.8 Å². The van der Waals surface area contributed by atoms with Gasteiger partial charge >= 0.3 is 0 Å². The van der Waals surface area contributed by atoms with Crippen LogP contribution in [0.15, 0.2) is 36.7 Å². The molecule has 5 nitrogen and oxygen atoms in total. The number of carbonyl (C=O) groups is 1. The van der Waals surface area contributed by atoms with Gasteiger partial charge in [-0.25, -0.2) is 0 Å². The summed E-state index contributed by atoms with van der Waals surface area (Å²) in [5.41, 5.74) is 2.03. The Morgan fingerprint density at radius 3 is 3.00 bits per heavy atom. The lowest BCUT2D eigenvalue weighted by Gasteiger charge is -2.17. The quantitative estimate of drug-likeness (QED) is 0.902. The molecule has 6 heteroatoms. The highest BCUT2D eigenvalue weighted by Crippen LogP contribution is 2.28. The summed E-state index contributed by atoms with van der Waals surface area (Å²) in [5.74, 6) is 0.144. The first-order chi connectivity index (χ1) is 10.6. The molecule has 1 saturated heterocycles. The summed E-state index contributed by atoms with van der Waals surface area (Å²) in [5, 5.41) is 11.2. The molecule has 0 radical (unpaired) electrons. The Morgan fingerprint density at radius 2 is 2.27 bits per heavy atom. The van der Waals surface area contributed by atoms with Crippen molar-refractivity contribution in [2.75, 3.05) is 13.1 Å². The first-order valence-electron chi connectivity index (χ1n) is 7.35. The second-order valence-electron chi connectivity index (χ2n) is 5.63. The van der Waals surface area contributed by atoms with E-state index in [0.717, 1.165) is 17.7 Å². The Hall–Kier alpha value is -1.85. The Kier molecular flexibility index (Phi) is 4.45. The summed E-state index contributed by atoms with van der Waals surface area (Å²) in [6.07, 6.45) is 3.82. The monoisotopic (exact) mass is 318 g/mol. The number of hydrogen-bond acceptors (Lipinski definition) is 3. The Morgan fingerprint density at radius 1 is 1.45 bits per heavy atom. The van der Waals surface area contributed by atoms with Gasteiger partial charge in [-0.3, -0.25) is 9.48 Å². The molecular formula is C16H19ClN4O. The van der Waals surface area contributed by atoms with E-state index in [0.29, 0.717) is 18.1 Å². The Labute approximate surface area is 134 Å². The normalized spacial score (nSPS) is 21.0. The highest BCUT2D eigenvalue weighted by atomic mass is 35.5. The number of aromatic nitrogens is 2. The van der Waals surface area contributed by atoms with Gasteiger partial charge in [0.25, 0.3) is 0 Å². The van der Waals surface area contributed by atoms with Crippen LogP contribution in [-0.4, -0.2) is 28.8 Å². The molecule has 1 aromatic heterocycles. The van der Waals surface area contributed by atoms with E-state index in [2.05, 4.69) is 15.7 Å². The van der Waals surface area contributed by atoms with E-state index in [4.69, 9.17) is 11.6 Å². The van der Waals surface area contributed by atoms with Crippen molar-refractivity contribution in [2.24, 2.45) is 13.0 Å². The molecule has 1 aromatic carbocycles. The molecule has 0 bridgehead atoms. The molecule has 0 aliphatic carbocycles. The smallest absolute Gasteiger partial charge is 0.225 e. The van der Waals surface area contributed by atoms with Crippen LogP contribution in [0.25, 0.3) is 0 Å².